The lowest BCUT2D eigenvalue weighted by molar-refractivity contribution is -0.140. The zero-order valence-electron chi connectivity index (χ0n) is 9.37. The number of rotatable bonds is 2. The van der Waals surface area contributed by atoms with E-state index in [4.69, 9.17) is 5.11 Å². The zero-order valence-corrected chi connectivity index (χ0v) is 10.2. The highest BCUT2D eigenvalue weighted by Gasteiger charge is 2.36. The Labute approximate surface area is 110 Å². The molecule has 0 spiro atoms. The molecule has 104 valence electrons. The van der Waals surface area contributed by atoms with E-state index in [9.17, 15) is 22.4 Å². The average molecular weight is 295 g/mol. The molecule has 0 radical (unpaired) electrons. The van der Waals surface area contributed by atoms with Crippen LogP contribution < -0.4 is 5.32 Å². The monoisotopic (exact) mass is 295 g/mol. The SMILES string of the molecule is O=C(O)[C@@H]1CSC(c2ccc(F)c(C(F)(F)F)c2)N1. The molecule has 0 aromatic heterocycles. The molecular formula is C11H9F4NO2S. The van der Waals surface area contributed by atoms with Crippen molar-refractivity contribution in [2.75, 3.05) is 5.75 Å². The lowest BCUT2D eigenvalue weighted by Gasteiger charge is -2.14. The fraction of sp³-hybridized carbons (Fsp3) is 0.364. The highest BCUT2D eigenvalue weighted by Crippen LogP contribution is 2.37. The van der Waals surface area contributed by atoms with Gasteiger partial charge in [0.15, 0.2) is 0 Å². The Morgan fingerprint density at radius 1 is 1.42 bits per heavy atom. The predicted molar refractivity (Wildman–Crippen MR) is 61.2 cm³/mol. The van der Waals surface area contributed by atoms with Crippen LogP contribution in [0, 0.1) is 5.82 Å². The number of alkyl halides is 3. The van der Waals surface area contributed by atoms with Crippen molar-refractivity contribution >= 4 is 17.7 Å². The number of carbonyl (C=O) groups is 1. The number of hydrogen-bond donors (Lipinski definition) is 2. The fourth-order valence-electron chi connectivity index (χ4n) is 1.73. The number of thioether (sulfide) groups is 1. The molecule has 1 aliphatic rings. The molecule has 0 aliphatic carbocycles. The van der Waals surface area contributed by atoms with E-state index in [-0.39, 0.29) is 11.3 Å². The standard InChI is InChI=1S/C11H9F4NO2S/c12-7-2-1-5(3-6(7)11(13,14)15)9-16-8(4-19-9)10(17)18/h1-3,8-9,16H,4H2,(H,17,18)/t8-,9?/m0/s1. The van der Waals surface area contributed by atoms with Gasteiger partial charge in [-0.15, -0.1) is 11.8 Å². The third kappa shape index (κ3) is 3.01. The number of hydrogen-bond acceptors (Lipinski definition) is 3. The Balaban J connectivity index is 2.25. The van der Waals surface area contributed by atoms with E-state index < -0.39 is 34.9 Å². The molecule has 0 saturated carbocycles. The van der Waals surface area contributed by atoms with Crippen molar-refractivity contribution in [2.45, 2.75) is 17.6 Å². The summed E-state index contributed by atoms with van der Waals surface area (Å²) in [6.07, 6.45) is -4.77. The molecule has 1 aromatic carbocycles. The van der Waals surface area contributed by atoms with Crippen molar-refractivity contribution in [3.8, 4) is 0 Å². The Morgan fingerprint density at radius 3 is 2.63 bits per heavy atom. The van der Waals surface area contributed by atoms with E-state index in [1.165, 1.54) is 17.8 Å². The van der Waals surface area contributed by atoms with Gasteiger partial charge in [-0.3, -0.25) is 10.1 Å². The van der Waals surface area contributed by atoms with Gasteiger partial charge in [0.25, 0.3) is 0 Å². The smallest absolute Gasteiger partial charge is 0.419 e. The van der Waals surface area contributed by atoms with E-state index in [1.807, 2.05) is 0 Å². The molecule has 1 fully saturated rings. The Morgan fingerprint density at radius 2 is 2.11 bits per heavy atom. The summed E-state index contributed by atoms with van der Waals surface area (Å²) in [7, 11) is 0. The molecule has 0 amide bonds. The molecule has 2 atom stereocenters. The molecule has 3 nitrogen and oxygen atoms in total. The number of halogens is 4. The van der Waals surface area contributed by atoms with Crippen molar-refractivity contribution in [3.63, 3.8) is 0 Å². The topological polar surface area (TPSA) is 49.3 Å². The fourth-order valence-corrected chi connectivity index (χ4v) is 2.95. The molecule has 8 heteroatoms. The molecule has 1 aromatic rings. The second-order valence-corrected chi connectivity index (χ2v) is 5.15. The molecule has 1 saturated heterocycles. The van der Waals surface area contributed by atoms with E-state index in [1.54, 1.807) is 0 Å². The van der Waals surface area contributed by atoms with Crippen LogP contribution in [0.25, 0.3) is 0 Å². The van der Waals surface area contributed by atoms with Crippen LogP contribution in [-0.2, 0) is 11.0 Å². The lowest BCUT2D eigenvalue weighted by atomic mass is 10.1. The Hall–Kier alpha value is -1.28. The van der Waals surface area contributed by atoms with Gasteiger partial charge in [-0.2, -0.15) is 13.2 Å². The third-order valence-electron chi connectivity index (χ3n) is 2.68. The number of carboxylic acids is 1. The minimum Gasteiger partial charge on any atom is -0.480 e. The van der Waals surface area contributed by atoms with E-state index in [0.29, 0.717) is 6.07 Å². The first-order valence-corrected chi connectivity index (χ1v) is 6.31. The first-order chi connectivity index (χ1) is 8.79. The van der Waals surface area contributed by atoms with E-state index in [2.05, 4.69) is 5.32 Å². The molecule has 1 heterocycles. The Bertz CT molecular complexity index is 506. The van der Waals surface area contributed by atoms with Crippen LogP contribution in [0.3, 0.4) is 0 Å². The number of carboxylic acid groups (broad SMARTS) is 1. The zero-order chi connectivity index (χ0) is 14.2. The summed E-state index contributed by atoms with van der Waals surface area (Å²) < 4.78 is 50.8. The molecule has 0 bridgehead atoms. The first kappa shape index (κ1) is 14.1. The van der Waals surface area contributed by atoms with Crippen LogP contribution in [-0.4, -0.2) is 22.9 Å². The summed E-state index contributed by atoms with van der Waals surface area (Å²) >= 11 is 1.18. The van der Waals surface area contributed by atoms with E-state index in [0.717, 1.165) is 6.07 Å². The molecule has 19 heavy (non-hydrogen) atoms. The van der Waals surface area contributed by atoms with Crippen LogP contribution in [0.15, 0.2) is 18.2 Å². The van der Waals surface area contributed by atoms with Crippen LogP contribution >= 0.6 is 11.8 Å². The van der Waals surface area contributed by atoms with Gasteiger partial charge in [0, 0.05) is 5.75 Å². The lowest BCUT2D eigenvalue weighted by Crippen LogP contribution is -2.33. The predicted octanol–water partition coefficient (Wildman–Crippen LogP) is 2.63. The minimum absolute atomic E-state index is 0.211. The quantitative estimate of drug-likeness (QED) is 0.824. The summed E-state index contributed by atoms with van der Waals surface area (Å²) in [5, 5.41) is 10.9. The molecule has 2 rings (SSSR count). The highest BCUT2D eigenvalue weighted by molar-refractivity contribution is 7.99. The van der Waals surface area contributed by atoms with Gasteiger partial charge in [0.05, 0.1) is 10.9 Å². The maximum absolute atomic E-state index is 13.1. The minimum atomic E-state index is -4.77. The molecular weight excluding hydrogens is 286 g/mol. The van der Waals surface area contributed by atoms with Gasteiger partial charge in [0.2, 0.25) is 0 Å². The van der Waals surface area contributed by atoms with Gasteiger partial charge in [-0.05, 0) is 17.7 Å². The molecule has 1 unspecified atom stereocenters. The second kappa shape index (κ2) is 5.01. The summed E-state index contributed by atoms with van der Waals surface area (Å²) in [5.74, 6) is -2.15. The van der Waals surface area contributed by atoms with Gasteiger partial charge in [-0.1, -0.05) is 6.07 Å². The maximum Gasteiger partial charge on any atom is 0.419 e. The van der Waals surface area contributed by atoms with Crippen molar-refractivity contribution in [2.24, 2.45) is 0 Å². The normalized spacial score (nSPS) is 23.6. The summed E-state index contributed by atoms with van der Waals surface area (Å²) in [6, 6.07) is 1.87. The van der Waals surface area contributed by atoms with Crippen molar-refractivity contribution in [1.82, 2.24) is 5.32 Å². The average Bonchev–Trinajstić information content (AvgIpc) is 2.77. The van der Waals surface area contributed by atoms with Gasteiger partial charge in [-0.25, -0.2) is 4.39 Å². The van der Waals surface area contributed by atoms with Crippen LogP contribution in [0.1, 0.15) is 16.5 Å². The molecule has 1 aliphatic heterocycles. The molecule has 2 N–H and O–H groups in total. The van der Waals surface area contributed by atoms with Crippen molar-refractivity contribution in [3.05, 3.63) is 35.1 Å². The summed E-state index contributed by atoms with van der Waals surface area (Å²) in [5.41, 5.74) is -1.13. The second-order valence-electron chi connectivity index (χ2n) is 4.01. The van der Waals surface area contributed by atoms with Gasteiger partial charge in [0.1, 0.15) is 11.9 Å². The van der Waals surface area contributed by atoms with Crippen molar-refractivity contribution in [1.29, 1.82) is 0 Å². The number of nitrogens with one attached hydrogen (secondary N) is 1. The third-order valence-corrected chi connectivity index (χ3v) is 3.95. The number of aliphatic carboxylic acids is 1. The Kier molecular flexibility index (Phi) is 3.73. The largest absolute Gasteiger partial charge is 0.480 e. The number of benzene rings is 1. The van der Waals surface area contributed by atoms with Crippen LogP contribution in [0.2, 0.25) is 0 Å². The first-order valence-electron chi connectivity index (χ1n) is 5.26. The van der Waals surface area contributed by atoms with Crippen LogP contribution in [0.4, 0.5) is 17.6 Å². The van der Waals surface area contributed by atoms with Crippen molar-refractivity contribution < 1.29 is 27.5 Å². The summed E-state index contributed by atoms with van der Waals surface area (Å²) in [6.45, 7) is 0. The summed E-state index contributed by atoms with van der Waals surface area (Å²) in [4.78, 5) is 10.7. The van der Waals surface area contributed by atoms with Gasteiger partial charge < -0.3 is 5.11 Å². The van der Waals surface area contributed by atoms with E-state index >= 15 is 0 Å². The van der Waals surface area contributed by atoms with Gasteiger partial charge >= 0.3 is 12.1 Å². The van der Waals surface area contributed by atoms with Crippen LogP contribution in [0.5, 0.6) is 0 Å². The maximum atomic E-state index is 13.1. The highest BCUT2D eigenvalue weighted by atomic mass is 32.2.